The van der Waals surface area contributed by atoms with Crippen molar-refractivity contribution in [2.75, 3.05) is 25.4 Å². The maximum absolute atomic E-state index is 12.6. The molecule has 2 atom stereocenters. The zero-order valence-electron chi connectivity index (χ0n) is 13.0. The van der Waals surface area contributed by atoms with Crippen LogP contribution in [-0.2, 0) is 0 Å². The third-order valence-electron chi connectivity index (χ3n) is 4.71. The summed E-state index contributed by atoms with van der Waals surface area (Å²) in [4.78, 5) is 33.5. The molecular formula is C16H17N5O2S. The highest BCUT2D eigenvalue weighted by molar-refractivity contribution is 7.08. The smallest absolute Gasteiger partial charge is 0.272 e. The molecule has 2 amide bonds. The molecule has 0 aromatic carbocycles. The molecular weight excluding hydrogens is 326 g/mol. The average molecular weight is 343 g/mol. The molecule has 0 saturated carbocycles. The summed E-state index contributed by atoms with van der Waals surface area (Å²) in [6.45, 7) is 1.98. The molecule has 0 bridgehead atoms. The molecule has 2 fully saturated rings. The molecule has 124 valence electrons. The fourth-order valence-electron chi connectivity index (χ4n) is 3.48. The lowest BCUT2D eigenvalue weighted by Gasteiger charge is -2.53. The van der Waals surface area contributed by atoms with E-state index in [1.807, 2.05) is 9.80 Å². The van der Waals surface area contributed by atoms with Crippen molar-refractivity contribution in [3.63, 3.8) is 0 Å². The zero-order valence-corrected chi connectivity index (χ0v) is 13.8. The maximum atomic E-state index is 12.6. The van der Waals surface area contributed by atoms with E-state index in [1.165, 1.54) is 11.5 Å². The van der Waals surface area contributed by atoms with Crippen LogP contribution in [0.25, 0.3) is 0 Å². The third-order valence-corrected chi connectivity index (χ3v) is 5.45. The first-order valence-electron chi connectivity index (χ1n) is 7.87. The number of amides is 2. The number of nitrogens with two attached hydrogens (primary N) is 1. The number of pyridine rings is 1. The van der Waals surface area contributed by atoms with Crippen LogP contribution in [0.5, 0.6) is 0 Å². The van der Waals surface area contributed by atoms with Crippen molar-refractivity contribution < 1.29 is 9.59 Å². The number of carbonyl (C=O) groups excluding carboxylic acids is 2. The quantitative estimate of drug-likeness (QED) is 0.882. The fourth-order valence-corrected chi connectivity index (χ4v) is 4.03. The highest BCUT2D eigenvalue weighted by Gasteiger charge is 2.46. The summed E-state index contributed by atoms with van der Waals surface area (Å²) in [5.74, 6) is 0.644. The van der Waals surface area contributed by atoms with Gasteiger partial charge in [-0.25, -0.2) is 9.36 Å². The van der Waals surface area contributed by atoms with E-state index in [0.29, 0.717) is 41.9 Å². The summed E-state index contributed by atoms with van der Waals surface area (Å²) in [6, 6.07) is 7.06. The zero-order chi connectivity index (χ0) is 16.7. The van der Waals surface area contributed by atoms with Crippen molar-refractivity contribution in [2.45, 2.75) is 12.5 Å². The number of fused-ring (bicyclic) bond motifs is 1. The van der Waals surface area contributed by atoms with Gasteiger partial charge in [0.15, 0.2) is 0 Å². The summed E-state index contributed by atoms with van der Waals surface area (Å²) in [5, 5.41) is 0. The van der Waals surface area contributed by atoms with Crippen LogP contribution in [0.2, 0.25) is 0 Å². The maximum Gasteiger partial charge on any atom is 0.272 e. The van der Waals surface area contributed by atoms with Gasteiger partial charge in [-0.3, -0.25) is 9.59 Å². The molecule has 24 heavy (non-hydrogen) atoms. The van der Waals surface area contributed by atoms with Gasteiger partial charge in [0.05, 0.1) is 0 Å². The van der Waals surface area contributed by atoms with Crippen molar-refractivity contribution in [3.8, 4) is 0 Å². The molecule has 2 aromatic rings. The van der Waals surface area contributed by atoms with Crippen molar-refractivity contribution in [1.29, 1.82) is 0 Å². The Morgan fingerprint density at radius 3 is 2.79 bits per heavy atom. The van der Waals surface area contributed by atoms with Gasteiger partial charge in [0, 0.05) is 37.8 Å². The Morgan fingerprint density at radius 2 is 2.08 bits per heavy atom. The highest BCUT2D eigenvalue weighted by Crippen LogP contribution is 2.34. The van der Waals surface area contributed by atoms with Crippen LogP contribution in [0.1, 0.15) is 26.6 Å². The second-order valence-corrected chi connectivity index (χ2v) is 6.98. The first kappa shape index (κ1) is 15.1. The highest BCUT2D eigenvalue weighted by atomic mass is 32.1. The van der Waals surface area contributed by atoms with Gasteiger partial charge in [-0.2, -0.15) is 0 Å². The summed E-state index contributed by atoms with van der Waals surface area (Å²) >= 11 is 1.23. The lowest BCUT2D eigenvalue weighted by molar-refractivity contribution is -0.0224. The van der Waals surface area contributed by atoms with Gasteiger partial charge in [0.1, 0.15) is 16.4 Å². The van der Waals surface area contributed by atoms with E-state index in [1.54, 1.807) is 30.5 Å². The van der Waals surface area contributed by atoms with Crippen LogP contribution in [0, 0.1) is 5.92 Å². The summed E-state index contributed by atoms with van der Waals surface area (Å²) in [5.41, 5.74) is 6.03. The van der Waals surface area contributed by atoms with E-state index in [4.69, 9.17) is 5.73 Å². The number of aromatic nitrogens is 2. The number of nitrogen functional groups attached to an aromatic ring is 1. The first-order chi connectivity index (χ1) is 11.6. The molecule has 2 N–H and O–H groups in total. The largest absolute Gasteiger partial charge is 0.384 e. The van der Waals surface area contributed by atoms with Gasteiger partial charge in [-0.1, -0.05) is 6.07 Å². The van der Waals surface area contributed by atoms with Crippen molar-refractivity contribution in [2.24, 2.45) is 5.92 Å². The van der Waals surface area contributed by atoms with Gasteiger partial charge in [0.2, 0.25) is 0 Å². The predicted molar refractivity (Wildman–Crippen MR) is 89.6 cm³/mol. The summed E-state index contributed by atoms with van der Waals surface area (Å²) in [7, 11) is 0. The van der Waals surface area contributed by atoms with Crippen LogP contribution >= 0.6 is 11.5 Å². The topological polar surface area (TPSA) is 92.4 Å². The van der Waals surface area contributed by atoms with Crippen molar-refractivity contribution in [3.05, 3.63) is 41.0 Å². The Balaban J connectivity index is 1.40. The third kappa shape index (κ3) is 2.52. The number of anilines is 1. The molecule has 2 aromatic heterocycles. The molecule has 2 aliphatic rings. The molecule has 2 saturated heterocycles. The Bertz CT molecular complexity index is 779. The van der Waals surface area contributed by atoms with Gasteiger partial charge >= 0.3 is 0 Å². The minimum atomic E-state index is -0.0898. The van der Waals surface area contributed by atoms with Crippen molar-refractivity contribution >= 4 is 29.2 Å². The van der Waals surface area contributed by atoms with Crippen LogP contribution in [0.4, 0.5) is 5.82 Å². The van der Waals surface area contributed by atoms with E-state index in [0.717, 1.165) is 6.42 Å². The van der Waals surface area contributed by atoms with Crippen LogP contribution in [0.3, 0.4) is 0 Å². The number of hydrogen-bond acceptors (Lipinski definition) is 6. The van der Waals surface area contributed by atoms with E-state index >= 15 is 0 Å². The number of hydrogen-bond donors (Lipinski definition) is 1. The second-order valence-electron chi connectivity index (χ2n) is 6.15. The lowest BCUT2D eigenvalue weighted by Crippen LogP contribution is -2.65. The van der Waals surface area contributed by atoms with E-state index in [9.17, 15) is 9.59 Å². The van der Waals surface area contributed by atoms with Gasteiger partial charge in [0.25, 0.3) is 11.8 Å². The number of rotatable bonds is 2. The van der Waals surface area contributed by atoms with Crippen LogP contribution in [0.15, 0.2) is 30.5 Å². The fraction of sp³-hybridized carbons (Fsp3) is 0.375. The Labute approximate surface area is 143 Å². The number of piperidine rings is 1. The molecule has 8 heteroatoms. The SMILES string of the molecule is Nc1cccc(C(=O)N2CC[C@H]3[C@@H](C2)CN3C(=O)c2ccns2)n1. The lowest BCUT2D eigenvalue weighted by atomic mass is 9.82. The van der Waals surface area contributed by atoms with Crippen LogP contribution < -0.4 is 5.73 Å². The van der Waals surface area contributed by atoms with Crippen molar-refractivity contribution in [1.82, 2.24) is 19.2 Å². The first-order valence-corrected chi connectivity index (χ1v) is 8.64. The molecule has 0 unspecified atom stereocenters. The average Bonchev–Trinajstić information content (AvgIpc) is 3.09. The van der Waals surface area contributed by atoms with E-state index < -0.39 is 0 Å². The van der Waals surface area contributed by atoms with Crippen LogP contribution in [-0.4, -0.2) is 56.6 Å². The number of likely N-dealkylation sites (tertiary alicyclic amines) is 2. The predicted octanol–water partition coefficient (Wildman–Crippen LogP) is 1.11. The van der Waals surface area contributed by atoms with Gasteiger partial charge in [-0.15, -0.1) is 0 Å². The molecule has 4 rings (SSSR count). The Kier molecular flexibility index (Phi) is 3.68. The molecule has 7 nitrogen and oxygen atoms in total. The Morgan fingerprint density at radius 1 is 1.21 bits per heavy atom. The second kappa shape index (κ2) is 5.86. The normalized spacial score (nSPS) is 22.7. The standard InChI is InChI=1S/C16H17N5O2S/c17-14-3-1-2-11(19-14)15(22)20-7-5-12-10(8-20)9-21(12)16(23)13-4-6-18-24-13/h1-4,6,10,12H,5,7-9H2,(H2,17,19)/t10-,12-/m0/s1. The van der Waals surface area contributed by atoms with Gasteiger partial charge < -0.3 is 15.5 Å². The number of carbonyl (C=O) groups is 2. The minimum absolute atomic E-state index is 0.0519. The monoisotopic (exact) mass is 343 g/mol. The van der Waals surface area contributed by atoms with E-state index in [-0.39, 0.29) is 17.9 Å². The molecule has 0 aliphatic carbocycles. The summed E-state index contributed by atoms with van der Waals surface area (Å²) in [6.07, 6.45) is 2.44. The molecule has 2 aliphatic heterocycles. The number of nitrogens with zero attached hydrogens (tertiary/aromatic N) is 4. The van der Waals surface area contributed by atoms with Gasteiger partial charge in [-0.05, 0) is 36.2 Å². The van der Waals surface area contributed by atoms with E-state index in [2.05, 4.69) is 9.36 Å². The molecule has 4 heterocycles. The summed E-state index contributed by atoms with van der Waals surface area (Å²) < 4.78 is 3.99. The minimum Gasteiger partial charge on any atom is -0.384 e. The molecule has 0 spiro atoms. The molecule has 0 radical (unpaired) electrons. The Hall–Kier alpha value is -2.48.